The maximum absolute atomic E-state index is 12.0. The van der Waals surface area contributed by atoms with E-state index < -0.39 is 17.5 Å². The van der Waals surface area contributed by atoms with E-state index >= 15 is 0 Å². The largest absolute Gasteiger partial charge is 0.480 e. The number of ether oxygens (including phenoxy) is 2. The number of hydrogen-bond acceptors (Lipinski definition) is 4. The summed E-state index contributed by atoms with van der Waals surface area (Å²) in [6.45, 7) is 3.87. The van der Waals surface area contributed by atoms with Crippen molar-refractivity contribution in [3.05, 3.63) is 0 Å². The third kappa shape index (κ3) is 4.31. The van der Waals surface area contributed by atoms with Crippen LogP contribution in [0, 0.1) is 5.92 Å². The molecule has 2 aliphatic rings. The minimum Gasteiger partial charge on any atom is -0.480 e. The summed E-state index contributed by atoms with van der Waals surface area (Å²) < 4.78 is 10.7. The van der Waals surface area contributed by atoms with Crippen molar-refractivity contribution in [1.82, 2.24) is 10.6 Å². The first-order valence-electron chi connectivity index (χ1n) is 7.50. The highest BCUT2D eigenvalue weighted by Gasteiger charge is 2.43. The number of carboxylic acids is 1. The van der Waals surface area contributed by atoms with Gasteiger partial charge in [-0.3, -0.25) is 0 Å². The molecule has 0 bridgehead atoms. The number of urea groups is 1. The molecule has 120 valence electrons. The molecule has 7 heteroatoms. The average Bonchev–Trinajstić information content (AvgIpc) is 2.46. The predicted octanol–water partition coefficient (Wildman–Crippen LogP) is 0.735. The van der Waals surface area contributed by atoms with Crippen LogP contribution < -0.4 is 10.6 Å². The molecule has 1 aliphatic heterocycles. The summed E-state index contributed by atoms with van der Waals surface area (Å²) in [5.74, 6) is -0.660. The van der Waals surface area contributed by atoms with Gasteiger partial charge in [-0.2, -0.15) is 0 Å². The molecule has 3 unspecified atom stereocenters. The molecule has 1 aliphatic carbocycles. The first kappa shape index (κ1) is 16.0. The summed E-state index contributed by atoms with van der Waals surface area (Å²) in [4.78, 5) is 23.6. The number of amides is 2. The number of aliphatic carboxylic acids is 1. The zero-order valence-corrected chi connectivity index (χ0v) is 12.4. The van der Waals surface area contributed by atoms with Crippen molar-refractivity contribution in [1.29, 1.82) is 0 Å². The molecule has 0 aromatic carbocycles. The number of nitrogens with one attached hydrogen (secondary N) is 2. The van der Waals surface area contributed by atoms with Crippen LogP contribution in [0.5, 0.6) is 0 Å². The maximum Gasteiger partial charge on any atom is 0.329 e. The van der Waals surface area contributed by atoms with Gasteiger partial charge in [-0.25, -0.2) is 9.59 Å². The molecule has 21 heavy (non-hydrogen) atoms. The van der Waals surface area contributed by atoms with Gasteiger partial charge in [-0.1, -0.05) is 19.8 Å². The third-order valence-electron chi connectivity index (χ3n) is 4.13. The predicted molar refractivity (Wildman–Crippen MR) is 75.1 cm³/mol. The Morgan fingerprint density at radius 3 is 2.81 bits per heavy atom. The van der Waals surface area contributed by atoms with Gasteiger partial charge >= 0.3 is 12.0 Å². The lowest BCUT2D eigenvalue weighted by molar-refractivity contribution is -0.146. The van der Waals surface area contributed by atoms with Crippen LogP contribution in [0.15, 0.2) is 0 Å². The van der Waals surface area contributed by atoms with Crippen LogP contribution in [-0.4, -0.2) is 55.1 Å². The molecule has 2 amide bonds. The van der Waals surface area contributed by atoms with Crippen molar-refractivity contribution in [2.45, 2.75) is 44.2 Å². The molecule has 0 aromatic rings. The summed E-state index contributed by atoms with van der Waals surface area (Å²) in [5, 5.41) is 14.8. The van der Waals surface area contributed by atoms with Crippen molar-refractivity contribution in [2.24, 2.45) is 5.92 Å². The number of hydrogen-bond donors (Lipinski definition) is 3. The Labute approximate surface area is 124 Å². The minimum absolute atomic E-state index is 0.171. The summed E-state index contributed by atoms with van der Waals surface area (Å²) in [7, 11) is 0. The van der Waals surface area contributed by atoms with Crippen LogP contribution in [0.1, 0.15) is 32.6 Å². The van der Waals surface area contributed by atoms with E-state index in [1.165, 1.54) is 0 Å². The normalized spacial score (nSPS) is 33.2. The van der Waals surface area contributed by atoms with Crippen molar-refractivity contribution in [3.63, 3.8) is 0 Å². The lowest BCUT2D eigenvalue weighted by Crippen LogP contribution is -2.59. The Morgan fingerprint density at radius 2 is 2.19 bits per heavy atom. The van der Waals surface area contributed by atoms with Crippen LogP contribution in [0.25, 0.3) is 0 Å². The summed E-state index contributed by atoms with van der Waals surface area (Å²) >= 11 is 0. The van der Waals surface area contributed by atoms with Gasteiger partial charge in [-0.05, 0) is 18.8 Å². The first-order chi connectivity index (χ1) is 10.0. The quantitative estimate of drug-likeness (QED) is 0.711. The lowest BCUT2D eigenvalue weighted by atomic mass is 9.76. The number of carboxylic acid groups (broad SMARTS) is 1. The molecule has 7 nitrogen and oxygen atoms in total. The molecule has 0 spiro atoms. The summed E-state index contributed by atoms with van der Waals surface area (Å²) in [6, 6.07) is -0.458. The number of rotatable bonds is 4. The van der Waals surface area contributed by atoms with Crippen molar-refractivity contribution >= 4 is 12.0 Å². The summed E-state index contributed by atoms with van der Waals surface area (Å²) in [6.07, 6.45) is 2.59. The van der Waals surface area contributed by atoms with Crippen LogP contribution in [0.3, 0.4) is 0 Å². The second-order valence-corrected chi connectivity index (χ2v) is 5.99. The molecule has 1 heterocycles. The Hall–Kier alpha value is -1.34. The molecule has 3 N–H and O–H groups in total. The van der Waals surface area contributed by atoms with Crippen LogP contribution in [-0.2, 0) is 14.3 Å². The van der Waals surface area contributed by atoms with E-state index in [4.69, 9.17) is 9.47 Å². The van der Waals surface area contributed by atoms with Gasteiger partial charge in [0.1, 0.15) is 5.54 Å². The van der Waals surface area contributed by atoms with E-state index in [2.05, 4.69) is 10.6 Å². The molecule has 2 rings (SSSR count). The average molecular weight is 300 g/mol. The van der Waals surface area contributed by atoms with Crippen molar-refractivity contribution < 1.29 is 24.2 Å². The third-order valence-corrected chi connectivity index (χ3v) is 4.13. The van der Waals surface area contributed by atoms with E-state index in [1.807, 2.05) is 6.92 Å². The van der Waals surface area contributed by atoms with Crippen molar-refractivity contribution in [2.75, 3.05) is 26.4 Å². The second-order valence-electron chi connectivity index (χ2n) is 5.99. The standard InChI is InChI=1S/C14H24N2O5/c1-10-3-2-4-14(7-10,12(17)18)16-13(19)15-8-11-9-20-5-6-21-11/h10-11H,2-9H2,1H3,(H,17,18)(H2,15,16,19). The molecular weight excluding hydrogens is 276 g/mol. The molecule has 1 saturated carbocycles. The van der Waals surface area contributed by atoms with Crippen LogP contribution >= 0.6 is 0 Å². The monoisotopic (exact) mass is 300 g/mol. The highest BCUT2D eigenvalue weighted by molar-refractivity contribution is 5.86. The van der Waals surface area contributed by atoms with Gasteiger partial charge in [-0.15, -0.1) is 0 Å². The Balaban J connectivity index is 1.84. The van der Waals surface area contributed by atoms with Gasteiger partial charge in [0, 0.05) is 6.54 Å². The first-order valence-corrected chi connectivity index (χ1v) is 7.50. The topological polar surface area (TPSA) is 96.9 Å². The summed E-state index contributed by atoms with van der Waals surface area (Å²) in [5.41, 5.74) is -1.15. The fourth-order valence-electron chi connectivity index (χ4n) is 3.04. The zero-order valence-electron chi connectivity index (χ0n) is 12.4. The number of carbonyl (C=O) groups excluding carboxylic acids is 1. The van der Waals surface area contributed by atoms with Crippen molar-refractivity contribution in [3.8, 4) is 0 Å². The highest BCUT2D eigenvalue weighted by atomic mass is 16.6. The molecule has 3 atom stereocenters. The second kappa shape index (κ2) is 7.09. The van der Waals surface area contributed by atoms with Gasteiger partial charge in [0.15, 0.2) is 0 Å². The highest BCUT2D eigenvalue weighted by Crippen LogP contribution is 2.32. The van der Waals surface area contributed by atoms with E-state index in [0.717, 1.165) is 12.8 Å². The van der Waals surface area contributed by atoms with E-state index in [-0.39, 0.29) is 6.10 Å². The van der Waals surface area contributed by atoms with E-state index in [9.17, 15) is 14.7 Å². The van der Waals surface area contributed by atoms with E-state index in [1.54, 1.807) is 0 Å². The molecule has 2 fully saturated rings. The zero-order chi connectivity index (χ0) is 15.3. The van der Waals surface area contributed by atoms with Crippen LogP contribution in [0.2, 0.25) is 0 Å². The molecule has 0 aromatic heterocycles. The van der Waals surface area contributed by atoms with Gasteiger partial charge in [0.25, 0.3) is 0 Å². The minimum atomic E-state index is -1.15. The smallest absolute Gasteiger partial charge is 0.329 e. The van der Waals surface area contributed by atoms with Crippen LogP contribution in [0.4, 0.5) is 4.79 Å². The van der Waals surface area contributed by atoms with Gasteiger partial charge < -0.3 is 25.2 Å². The molecular formula is C14H24N2O5. The van der Waals surface area contributed by atoms with Gasteiger partial charge in [0.05, 0.1) is 25.9 Å². The van der Waals surface area contributed by atoms with E-state index in [0.29, 0.717) is 45.1 Å². The number of carbonyl (C=O) groups is 2. The Bertz CT molecular complexity index is 384. The Morgan fingerprint density at radius 1 is 1.38 bits per heavy atom. The SMILES string of the molecule is CC1CCCC(NC(=O)NCC2COCCO2)(C(=O)O)C1. The molecule has 0 radical (unpaired) electrons. The van der Waals surface area contributed by atoms with Gasteiger partial charge in [0.2, 0.25) is 0 Å². The fraction of sp³-hybridized carbons (Fsp3) is 0.857. The fourth-order valence-corrected chi connectivity index (χ4v) is 3.04. The lowest BCUT2D eigenvalue weighted by Gasteiger charge is -2.37. The Kier molecular flexibility index (Phi) is 5.41. The maximum atomic E-state index is 12.0. The molecule has 1 saturated heterocycles.